The maximum absolute atomic E-state index is 4.19. The zero-order valence-corrected chi connectivity index (χ0v) is 8.11. The van der Waals surface area contributed by atoms with Crippen LogP contribution in [0.3, 0.4) is 0 Å². The Hall–Kier alpha value is -0.650. The molecule has 2 heterocycles. The molecule has 2 aromatic rings. The van der Waals surface area contributed by atoms with Crippen molar-refractivity contribution in [3.05, 3.63) is 28.0 Å². The SMILES string of the molecule is Cc1ncc(I)c2nccn12. The van der Waals surface area contributed by atoms with E-state index in [-0.39, 0.29) is 0 Å². The van der Waals surface area contributed by atoms with Crippen LogP contribution in [0, 0.1) is 10.5 Å². The Kier molecular flexibility index (Phi) is 1.56. The third-order valence-electron chi connectivity index (χ3n) is 1.57. The first-order valence-corrected chi connectivity index (χ1v) is 4.31. The lowest BCUT2D eigenvalue weighted by Crippen LogP contribution is -1.95. The second-order valence-electron chi connectivity index (χ2n) is 2.27. The Labute approximate surface area is 77.6 Å². The number of aromatic nitrogens is 3. The fourth-order valence-corrected chi connectivity index (χ4v) is 1.55. The van der Waals surface area contributed by atoms with Gasteiger partial charge in [0.25, 0.3) is 0 Å². The highest BCUT2D eigenvalue weighted by Crippen LogP contribution is 2.10. The van der Waals surface area contributed by atoms with Crippen LogP contribution in [-0.4, -0.2) is 14.4 Å². The van der Waals surface area contributed by atoms with E-state index in [2.05, 4.69) is 32.6 Å². The second-order valence-corrected chi connectivity index (χ2v) is 3.44. The molecule has 0 bridgehead atoms. The molecule has 56 valence electrons. The molecule has 0 radical (unpaired) electrons. The van der Waals surface area contributed by atoms with Crippen LogP contribution in [0.2, 0.25) is 0 Å². The van der Waals surface area contributed by atoms with E-state index < -0.39 is 0 Å². The van der Waals surface area contributed by atoms with E-state index in [9.17, 15) is 0 Å². The average molecular weight is 259 g/mol. The Balaban J connectivity index is 2.96. The van der Waals surface area contributed by atoms with Gasteiger partial charge in [-0.25, -0.2) is 9.97 Å². The topological polar surface area (TPSA) is 30.2 Å². The summed E-state index contributed by atoms with van der Waals surface area (Å²) in [6.07, 6.45) is 5.53. The monoisotopic (exact) mass is 259 g/mol. The lowest BCUT2D eigenvalue weighted by atomic mass is 10.5. The summed E-state index contributed by atoms with van der Waals surface area (Å²) >= 11 is 2.23. The summed E-state index contributed by atoms with van der Waals surface area (Å²) in [5.74, 6) is 0.970. The maximum atomic E-state index is 4.19. The van der Waals surface area contributed by atoms with Crippen LogP contribution in [0.4, 0.5) is 0 Å². The Morgan fingerprint density at radius 3 is 3.00 bits per heavy atom. The summed E-state index contributed by atoms with van der Waals surface area (Å²) in [5, 5.41) is 0. The van der Waals surface area contributed by atoms with Crippen molar-refractivity contribution in [2.45, 2.75) is 6.92 Å². The fourth-order valence-electron chi connectivity index (χ4n) is 1.01. The van der Waals surface area contributed by atoms with Crippen LogP contribution in [0.15, 0.2) is 18.6 Å². The number of hydrogen-bond donors (Lipinski definition) is 0. The van der Waals surface area contributed by atoms with Gasteiger partial charge in [0.05, 0.1) is 3.57 Å². The van der Waals surface area contributed by atoms with Gasteiger partial charge in [0, 0.05) is 18.6 Å². The molecule has 0 saturated carbocycles. The molecule has 0 aliphatic rings. The van der Waals surface area contributed by atoms with Gasteiger partial charge in [-0.1, -0.05) is 0 Å². The molecule has 3 nitrogen and oxygen atoms in total. The van der Waals surface area contributed by atoms with E-state index >= 15 is 0 Å². The number of hydrogen-bond acceptors (Lipinski definition) is 2. The van der Waals surface area contributed by atoms with Crippen molar-refractivity contribution in [2.24, 2.45) is 0 Å². The van der Waals surface area contributed by atoms with Gasteiger partial charge < -0.3 is 0 Å². The highest BCUT2D eigenvalue weighted by atomic mass is 127. The van der Waals surface area contributed by atoms with Crippen LogP contribution in [-0.2, 0) is 0 Å². The van der Waals surface area contributed by atoms with Crippen LogP contribution < -0.4 is 0 Å². The van der Waals surface area contributed by atoms with Gasteiger partial charge in [-0.3, -0.25) is 4.40 Å². The standard InChI is InChI=1S/C7H6IN3/c1-5-10-4-6(8)7-9-2-3-11(5)7/h2-4H,1H3. The molecule has 0 aliphatic heterocycles. The predicted molar refractivity (Wildman–Crippen MR) is 50.4 cm³/mol. The summed E-state index contributed by atoms with van der Waals surface area (Å²) in [7, 11) is 0. The lowest BCUT2D eigenvalue weighted by molar-refractivity contribution is 0.981. The van der Waals surface area contributed by atoms with Gasteiger partial charge in [-0.15, -0.1) is 0 Å². The van der Waals surface area contributed by atoms with Gasteiger partial charge in [-0.2, -0.15) is 0 Å². The van der Waals surface area contributed by atoms with Gasteiger partial charge in [-0.05, 0) is 29.5 Å². The number of aryl methyl sites for hydroxylation is 1. The Morgan fingerprint density at radius 1 is 1.45 bits per heavy atom. The van der Waals surface area contributed by atoms with Crippen molar-refractivity contribution in [3.63, 3.8) is 0 Å². The molecule has 11 heavy (non-hydrogen) atoms. The molecular weight excluding hydrogens is 253 g/mol. The third-order valence-corrected chi connectivity index (χ3v) is 2.33. The number of nitrogens with zero attached hydrogens (tertiary/aromatic N) is 3. The van der Waals surface area contributed by atoms with Crippen molar-refractivity contribution in [1.29, 1.82) is 0 Å². The molecule has 0 saturated heterocycles. The van der Waals surface area contributed by atoms with E-state index in [0.717, 1.165) is 15.0 Å². The number of imidazole rings is 1. The third kappa shape index (κ3) is 1.01. The first-order chi connectivity index (χ1) is 5.29. The van der Waals surface area contributed by atoms with Gasteiger partial charge in [0.1, 0.15) is 5.82 Å². The maximum Gasteiger partial charge on any atom is 0.153 e. The van der Waals surface area contributed by atoms with Gasteiger partial charge in [0.15, 0.2) is 5.65 Å². The molecule has 4 heteroatoms. The molecule has 0 aliphatic carbocycles. The van der Waals surface area contributed by atoms with E-state index in [1.165, 1.54) is 0 Å². The largest absolute Gasteiger partial charge is 0.287 e. The Bertz CT molecular complexity index is 357. The highest BCUT2D eigenvalue weighted by molar-refractivity contribution is 14.1. The quantitative estimate of drug-likeness (QED) is 0.673. The molecule has 0 aromatic carbocycles. The fraction of sp³-hybridized carbons (Fsp3) is 0.143. The molecule has 0 atom stereocenters. The van der Waals surface area contributed by atoms with Crippen molar-refractivity contribution in [1.82, 2.24) is 14.4 Å². The minimum atomic E-state index is 0.970. The molecule has 0 amide bonds. The van der Waals surface area contributed by atoms with Crippen LogP contribution >= 0.6 is 22.6 Å². The van der Waals surface area contributed by atoms with Crippen molar-refractivity contribution in [2.75, 3.05) is 0 Å². The number of rotatable bonds is 0. The van der Waals surface area contributed by atoms with Crippen molar-refractivity contribution >= 4 is 28.2 Å². The summed E-state index contributed by atoms with van der Waals surface area (Å²) in [5.41, 5.74) is 0.984. The van der Waals surface area contributed by atoms with Gasteiger partial charge in [0.2, 0.25) is 0 Å². The molecule has 0 N–H and O–H groups in total. The number of halogens is 1. The second kappa shape index (κ2) is 2.44. The summed E-state index contributed by atoms with van der Waals surface area (Å²) in [6.45, 7) is 1.96. The molecular formula is C7H6IN3. The van der Waals surface area contributed by atoms with Crippen molar-refractivity contribution in [3.8, 4) is 0 Å². The first-order valence-electron chi connectivity index (χ1n) is 3.23. The average Bonchev–Trinajstić information content (AvgIpc) is 2.45. The van der Waals surface area contributed by atoms with E-state index in [0.29, 0.717) is 0 Å². The summed E-state index contributed by atoms with van der Waals surface area (Å²) in [6, 6.07) is 0. The van der Waals surface area contributed by atoms with E-state index in [4.69, 9.17) is 0 Å². The lowest BCUT2D eigenvalue weighted by Gasteiger charge is -1.98. The molecule has 0 unspecified atom stereocenters. The minimum Gasteiger partial charge on any atom is -0.287 e. The smallest absolute Gasteiger partial charge is 0.153 e. The highest BCUT2D eigenvalue weighted by Gasteiger charge is 2.00. The first kappa shape index (κ1) is 7.02. The molecule has 2 rings (SSSR count). The molecule has 2 aromatic heterocycles. The number of fused-ring (bicyclic) bond motifs is 1. The summed E-state index contributed by atoms with van der Waals surface area (Å²) < 4.78 is 3.06. The normalized spacial score (nSPS) is 10.7. The zero-order valence-electron chi connectivity index (χ0n) is 5.95. The van der Waals surface area contributed by atoms with Crippen molar-refractivity contribution < 1.29 is 0 Å². The van der Waals surface area contributed by atoms with Gasteiger partial charge >= 0.3 is 0 Å². The minimum absolute atomic E-state index is 0.970. The van der Waals surface area contributed by atoms with Crippen LogP contribution in [0.1, 0.15) is 5.82 Å². The summed E-state index contributed by atoms with van der Waals surface area (Å²) in [4.78, 5) is 8.39. The van der Waals surface area contributed by atoms with Crippen LogP contribution in [0.25, 0.3) is 5.65 Å². The van der Waals surface area contributed by atoms with E-state index in [1.54, 1.807) is 6.20 Å². The Morgan fingerprint density at radius 2 is 2.27 bits per heavy atom. The van der Waals surface area contributed by atoms with E-state index in [1.807, 2.05) is 23.7 Å². The molecule has 0 fully saturated rings. The van der Waals surface area contributed by atoms with Crippen LogP contribution in [0.5, 0.6) is 0 Å². The zero-order chi connectivity index (χ0) is 7.84. The predicted octanol–water partition coefficient (Wildman–Crippen LogP) is 1.64. The molecule has 0 spiro atoms.